The Bertz CT molecular complexity index is 520. The largest absolute Gasteiger partial charge is 0.313 e. The average molecular weight is 308 g/mol. The number of nitrogens with one attached hydrogen (secondary N) is 1. The van der Waals surface area contributed by atoms with Crippen LogP contribution in [0.1, 0.15) is 24.6 Å². The second-order valence-corrected chi connectivity index (χ2v) is 5.27. The summed E-state index contributed by atoms with van der Waals surface area (Å²) in [5.41, 5.74) is 3.42. The first kappa shape index (κ1) is 13.3. The molecule has 1 N–H and O–H groups in total. The molecule has 2 aromatic rings. The number of halogens is 1. The third-order valence-electron chi connectivity index (χ3n) is 2.75. The second-order valence-electron chi connectivity index (χ2n) is 4.35. The van der Waals surface area contributed by atoms with E-state index in [0.29, 0.717) is 0 Å². The van der Waals surface area contributed by atoms with Gasteiger partial charge in [-0.2, -0.15) is 5.10 Å². The fraction of sp³-hybridized carbons (Fsp3) is 0.357. The lowest BCUT2D eigenvalue weighted by atomic mass is 10.2. The van der Waals surface area contributed by atoms with E-state index in [9.17, 15) is 0 Å². The van der Waals surface area contributed by atoms with Gasteiger partial charge >= 0.3 is 0 Å². The lowest BCUT2D eigenvalue weighted by Gasteiger charge is -2.11. The molecule has 0 radical (unpaired) electrons. The Morgan fingerprint density at radius 3 is 2.83 bits per heavy atom. The highest BCUT2D eigenvalue weighted by molar-refractivity contribution is 9.10. The zero-order chi connectivity index (χ0) is 13.0. The number of benzene rings is 1. The van der Waals surface area contributed by atoms with E-state index in [2.05, 4.69) is 51.5 Å². The monoisotopic (exact) mass is 307 g/mol. The van der Waals surface area contributed by atoms with Gasteiger partial charge in [0.05, 0.1) is 11.4 Å². The van der Waals surface area contributed by atoms with Gasteiger partial charge in [-0.1, -0.05) is 22.9 Å². The number of aromatic nitrogens is 2. The highest BCUT2D eigenvalue weighted by Crippen LogP contribution is 2.20. The van der Waals surface area contributed by atoms with Crippen LogP contribution in [-0.2, 0) is 6.54 Å². The predicted octanol–water partition coefficient (Wildman–Crippen LogP) is 3.44. The number of rotatable bonds is 5. The zero-order valence-corrected chi connectivity index (χ0v) is 12.4. The van der Waals surface area contributed by atoms with E-state index in [1.807, 2.05) is 23.9 Å². The summed E-state index contributed by atoms with van der Waals surface area (Å²) in [6, 6.07) is 8.31. The normalized spacial score (nSPS) is 10.8. The first-order valence-corrected chi connectivity index (χ1v) is 7.02. The van der Waals surface area contributed by atoms with Crippen LogP contribution in [-0.4, -0.2) is 16.3 Å². The molecule has 96 valence electrons. The van der Waals surface area contributed by atoms with Crippen molar-refractivity contribution in [3.63, 3.8) is 0 Å². The molecule has 4 heteroatoms. The van der Waals surface area contributed by atoms with Gasteiger partial charge in [0.1, 0.15) is 0 Å². The Hall–Kier alpha value is -1.13. The lowest BCUT2D eigenvalue weighted by Crippen LogP contribution is -2.15. The molecule has 1 heterocycles. The van der Waals surface area contributed by atoms with E-state index in [4.69, 9.17) is 0 Å². The van der Waals surface area contributed by atoms with Crippen molar-refractivity contribution in [3.8, 4) is 5.69 Å². The maximum absolute atomic E-state index is 4.47. The van der Waals surface area contributed by atoms with Crippen LogP contribution >= 0.6 is 15.9 Å². The van der Waals surface area contributed by atoms with E-state index in [-0.39, 0.29) is 0 Å². The summed E-state index contributed by atoms with van der Waals surface area (Å²) in [6.45, 7) is 6.07. The van der Waals surface area contributed by atoms with Crippen molar-refractivity contribution < 1.29 is 0 Å². The Balaban J connectivity index is 2.28. The van der Waals surface area contributed by atoms with Crippen LogP contribution in [0.2, 0.25) is 0 Å². The van der Waals surface area contributed by atoms with Gasteiger partial charge in [-0.25, -0.2) is 4.68 Å². The van der Waals surface area contributed by atoms with Crippen LogP contribution in [0.3, 0.4) is 0 Å². The van der Waals surface area contributed by atoms with Crippen LogP contribution < -0.4 is 5.32 Å². The minimum atomic E-state index is 0.863. The molecular weight excluding hydrogens is 290 g/mol. The minimum Gasteiger partial charge on any atom is -0.313 e. The highest BCUT2D eigenvalue weighted by atomic mass is 79.9. The molecule has 0 saturated carbocycles. The molecule has 0 unspecified atom stereocenters. The third kappa shape index (κ3) is 3.21. The fourth-order valence-electron chi connectivity index (χ4n) is 1.87. The summed E-state index contributed by atoms with van der Waals surface area (Å²) < 4.78 is 3.04. The predicted molar refractivity (Wildman–Crippen MR) is 78.0 cm³/mol. The lowest BCUT2D eigenvalue weighted by molar-refractivity contribution is 0.670. The molecule has 1 aromatic carbocycles. The van der Waals surface area contributed by atoms with E-state index in [0.717, 1.165) is 35.4 Å². The third-order valence-corrected chi connectivity index (χ3v) is 3.25. The Morgan fingerprint density at radius 2 is 2.17 bits per heavy atom. The molecule has 2 rings (SSSR count). The van der Waals surface area contributed by atoms with Gasteiger partial charge in [0.25, 0.3) is 0 Å². The van der Waals surface area contributed by atoms with Crippen LogP contribution in [0.4, 0.5) is 0 Å². The number of aryl methyl sites for hydroxylation is 1. The quantitative estimate of drug-likeness (QED) is 0.858. The molecule has 0 saturated heterocycles. The van der Waals surface area contributed by atoms with Crippen molar-refractivity contribution in [3.05, 3.63) is 46.2 Å². The number of hydrogen-bond acceptors (Lipinski definition) is 2. The average Bonchev–Trinajstić information content (AvgIpc) is 2.76. The van der Waals surface area contributed by atoms with Crippen molar-refractivity contribution in [1.82, 2.24) is 15.1 Å². The highest BCUT2D eigenvalue weighted by Gasteiger charge is 2.06. The van der Waals surface area contributed by atoms with E-state index in [1.165, 1.54) is 5.56 Å². The number of hydrogen-bond donors (Lipinski definition) is 1. The molecule has 0 aliphatic heterocycles. The fourth-order valence-corrected chi connectivity index (χ4v) is 2.28. The van der Waals surface area contributed by atoms with Gasteiger partial charge in [-0.15, -0.1) is 0 Å². The molecule has 3 nitrogen and oxygen atoms in total. The molecule has 0 aliphatic rings. The summed E-state index contributed by atoms with van der Waals surface area (Å²) >= 11 is 3.53. The Labute approximate surface area is 116 Å². The van der Waals surface area contributed by atoms with Crippen molar-refractivity contribution in [1.29, 1.82) is 0 Å². The van der Waals surface area contributed by atoms with Gasteiger partial charge in [0.15, 0.2) is 0 Å². The van der Waals surface area contributed by atoms with Gasteiger partial charge in [-0.05, 0) is 49.7 Å². The molecule has 1 aromatic heterocycles. The van der Waals surface area contributed by atoms with Gasteiger partial charge in [0, 0.05) is 17.2 Å². The maximum Gasteiger partial charge on any atom is 0.0691 e. The van der Waals surface area contributed by atoms with Gasteiger partial charge in [0.2, 0.25) is 0 Å². The van der Waals surface area contributed by atoms with Crippen molar-refractivity contribution in [2.75, 3.05) is 6.54 Å². The van der Waals surface area contributed by atoms with Crippen LogP contribution in [0, 0.1) is 6.92 Å². The maximum atomic E-state index is 4.47. The summed E-state index contributed by atoms with van der Waals surface area (Å²) in [4.78, 5) is 0. The zero-order valence-electron chi connectivity index (χ0n) is 10.8. The first-order valence-electron chi connectivity index (χ1n) is 6.22. The summed E-state index contributed by atoms with van der Waals surface area (Å²) in [5.74, 6) is 0. The molecule has 0 amide bonds. The van der Waals surface area contributed by atoms with Gasteiger partial charge in [-0.3, -0.25) is 0 Å². The van der Waals surface area contributed by atoms with Crippen LogP contribution in [0.25, 0.3) is 5.69 Å². The standard InChI is InChI=1S/C14H18BrN3/c1-3-7-16-10-12-9-13(15)4-5-14(12)18-8-6-11(2)17-18/h4-6,8-9,16H,3,7,10H2,1-2H3. The van der Waals surface area contributed by atoms with Gasteiger partial charge < -0.3 is 5.32 Å². The molecule has 0 bridgehead atoms. The number of nitrogens with zero attached hydrogens (tertiary/aromatic N) is 2. The Morgan fingerprint density at radius 1 is 1.33 bits per heavy atom. The minimum absolute atomic E-state index is 0.863. The topological polar surface area (TPSA) is 29.9 Å². The molecule has 0 spiro atoms. The summed E-state index contributed by atoms with van der Waals surface area (Å²) in [5, 5.41) is 7.91. The van der Waals surface area contributed by atoms with Crippen LogP contribution in [0.15, 0.2) is 34.9 Å². The summed E-state index contributed by atoms with van der Waals surface area (Å²) in [6.07, 6.45) is 3.14. The molecule has 18 heavy (non-hydrogen) atoms. The van der Waals surface area contributed by atoms with E-state index < -0.39 is 0 Å². The second kappa shape index (κ2) is 6.16. The van der Waals surface area contributed by atoms with Crippen LogP contribution in [0.5, 0.6) is 0 Å². The van der Waals surface area contributed by atoms with E-state index in [1.54, 1.807) is 0 Å². The van der Waals surface area contributed by atoms with Crippen molar-refractivity contribution >= 4 is 15.9 Å². The van der Waals surface area contributed by atoms with Crippen molar-refractivity contribution in [2.24, 2.45) is 0 Å². The molecule has 0 aliphatic carbocycles. The first-order chi connectivity index (χ1) is 8.70. The molecule has 0 fully saturated rings. The van der Waals surface area contributed by atoms with E-state index >= 15 is 0 Å². The molecule has 0 atom stereocenters. The smallest absolute Gasteiger partial charge is 0.0691 e. The van der Waals surface area contributed by atoms with Crippen molar-refractivity contribution in [2.45, 2.75) is 26.8 Å². The Kier molecular flexibility index (Phi) is 4.55. The SMILES string of the molecule is CCCNCc1cc(Br)ccc1-n1ccc(C)n1. The molecular formula is C14H18BrN3. The summed E-state index contributed by atoms with van der Waals surface area (Å²) in [7, 11) is 0.